The molecular formula is C15H21N3S2. The largest absolute Gasteiger partial charge is 0.369 e. The molecule has 2 aromatic rings. The van der Waals surface area contributed by atoms with Gasteiger partial charge in [0.2, 0.25) is 0 Å². The number of rotatable bonds is 4. The predicted molar refractivity (Wildman–Crippen MR) is 90.1 cm³/mol. The smallest absolute Gasteiger partial charge is 0.145 e. The van der Waals surface area contributed by atoms with E-state index in [4.69, 9.17) is 9.97 Å². The molecule has 1 aliphatic rings. The van der Waals surface area contributed by atoms with Crippen molar-refractivity contribution in [3.8, 4) is 0 Å². The lowest BCUT2D eigenvalue weighted by Gasteiger charge is -2.12. The van der Waals surface area contributed by atoms with Crippen LogP contribution < -0.4 is 5.32 Å². The zero-order valence-corrected chi connectivity index (χ0v) is 14.0. The Morgan fingerprint density at radius 2 is 2.15 bits per heavy atom. The third kappa shape index (κ3) is 2.53. The quantitative estimate of drug-likeness (QED) is 0.888. The summed E-state index contributed by atoms with van der Waals surface area (Å²) in [6.07, 6.45) is 3.62. The molecule has 1 unspecified atom stereocenters. The highest BCUT2D eigenvalue weighted by Gasteiger charge is 2.23. The SMILES string of the molecule is CCCNc1nc(C2CCCS2)nc2sc(C)c(C)c12. The Hall–Kier alpha value is -0.810. The fourth-order valence-electron chi connectivity index (χ4n) is 2.56. The van der Waals surface area contributed by atoms with Gasteiger partial charge in [-0.3, -0.25) is 0 Å². The lowest BCUT2D eigenvalue weighted by Crippen LogP contribution is -2.07. The van der Waals surface area contributed by atoms with E-state index in [1.54, 1.807) is 11.3 Å². The molecule has 0 bridgehead atoms. The molecule has 3 rings (SSSR count). The van der Waals surface area contributed by atoms with Crippen LogP contribution in [0.25, 0.3) is 10.2 Å². The third-order valence-corrected chi connectivity index (χ3v) is 6.28. The number of hydrogen-bond acceptors (Lipinski definition) is 5. The van der Waals surface area contributed by atoms with Crippen LogP contribution in [0.2, 0.25) is 0 Å². The van der Waals surface area contributed by atoms with Gasteiger partial charge in [-0.1, -0.05) is 6.92 Å². The molecule has 108 valence electrons. The summed E-state index contributed by atoms with van der Waals surface area (Å²) >= 11 is 3.80. The van der Waals surface area contributed by atoms with Crippen LogP contribution in [0, 0.1) is 13.8 Å². The Morgan fingerprint density at radius 1 is 1.30 bits per heavy atom. The zero-order valence-electron chi connectivity index (χ0n) is 12.3. The standard InChI is InChI=1S/C15H21N3S2/c1-4-7-16-14-12-9(2)10(3)20-15(12)18-13(17-14)11-6-5-8-19-11/h11H,4-8H2,1-3H3,(H,16,17,18). The lowest BCUT2D eigenvalue weighted by atomic mass is 10.2. The van der Waals surface area contributed by atoms with Gasteiger partial charge in [0, 0.05) is 11.4 Å². The average Bonchev–Trinajstić information content (AvgIpc) is 3.06. The van der Waals surface area contributed by atoms with Crippen molar-refractivity contribution >= 4 is 39.1 Å². The van der Waals surface area contributed by atoms with Gasteiger partial charge in [-0.05, 0) is 44.4 Å². The topological polar surface area (TPSA) is 37.8 Å². The van der Waals surface area contributed by atoms with Gasteiger partial charge in [0.1, 0.15) is 16.5 Å². The first-order valence-corrected chi connectivity index (χ1v) is 9.20. The summed E-state index contributed by atoms with van der Waals surface area (Å²) in [6.45, 7) is 7.51. The fourth-order valence-corrected chi connectivity index (χ4v) is 4.80. The van der Waals surface area contributed by atoms with Crippen LogP contribution in [0.1, 0.15) is 47.7 Å². The van der Waals surface area contributed by atoms with E-state index in [-0.39, 0.29) is 0 Å². The molecule has 1 N–H and O–H groups in total. The van der Waals surface area contributed by atoms with Crippen molar-refractivity contribution in [3.05, 3.63) is 16.3 Å². The normalized spacial score (nSPS) is 18.9. The molecule has 0 radical (unpaired) electrons. The highest BCUT2D eigenvalue weighted by molar-refractivity contribution is 7.99. The third-order valence-electron chi connectivity index (χ3n) is 3.81. The second-order valence-corrected chi connectivity index (χ2v) is 7.84. The van der Waals surface area contributed by atoms with E-state index in [0.717, 1.165) is 29.4 Å². The molecule has 1 fully saturated rings. The van der Waals surface area contributed by atoms with Crippen molar-refractivity contribution in [2.75, 3.05) is 17.6 Å². The molecule has 0 saturated carbocycles. The van der Waals surface area contributed by atoms with E-state index in [1.807, 2.05) is 11.8 Å². The molecule has 1 aliphatic heterocycles. The van der Waals surface area contributed by atoms with Gasteiger partial charge in [0.25, 0.3) is 0 Å². The van der Waals surface area contributed by atoms with E-state index in [9.17, 15) is 0 Å². The number of nitrogens with zero attached hydrogens (tertiary/aromatic N) is 2. The first-order valence-electron chi connectivity index (χ1n) is 7.33. The van der Waals surface area contributed by atoms with E-state index in [0.29, 0.717) is 5.25 Å². The van der Waals surface area contributed by atoms with E-state index in [2.05, 4.69) is 26.1 Å². The minimum Gasteiger partial charge on any atom is -0.369 e. The molecule has 0 aromatic carbocycles. The van der Waals surface area contributed by atoms with E-state index < -0.39 is 0 Å². The first-order chi connectivity index (χ1) is 9.70. The summed E-state index contributed by atoms with van der Waals surface area (Å²) < 4.78 is 0. The van der Waals surface area contributed by atoms with Gasteiger partial charge in [-0.15, -0.1) is 11.3 Å². The molecule has 1 saturated heterocycles. The Labute approximate surface area is 128 Å². The maximum atomic E-state index is 4.86. The molecule has 1 atom stereocenters. The van der Waals surface area contributed by atoms with Crippen molar-refractivity contribution in [3.63, 3.8) is 0 Å². The van der Waals surface area contributed by atoms with Gasteiger partial charge in [-0.2, -0.15) is 11.8 Å². The van der Waals surface area contributed by atoms with Gasteiger partial charge in [0.05, 0.1) is 10.6 Å². The number of thiophene rings is 1. The zero-order chi connectivity index (χ0) is 14.1. The number of nitrogens with one attached hydrogen (secondary N) is 1. The number of thioether (sulfide) groups is 1. The van der Waals surface area contributed by atoms with Crippen LogP contribution >= 0.6 is 23.1 Å². The molecule has 0 amide bonds. The summed E-state index contributed by atoms with van der Waals surface area (Å²) in [5.74, 6) is 3.31. The fraction of sp³-hybridized carbons (Fsp3) is 0.600. The van der Waals surface area contributed by atoms with Crippen LogP contribution in [-0.2, 0) is 0 Å². The van der Waals surface area contributed by atoms with Crippen LogP contribution in [0.15, 0.2) is 0 Å². The average molecular weight is 307 g/mol. The van der Waals surface area contributed by atoms with Crippen molar-refractivity contribution in [1.82, 2.24) is 9.97 Å². The van der Waals surface area contributed by atoms with Crippen LogP contribution in [0.5, 0.6) is 0 Å². The summed E-state index contributed by atoms with van der Waals surface area (Å²) in [4.78, 5) is 12.2. The first kappa shape index (κ1) is 14.1. The molecule has 0 spiro atoms. The maximum Gasteiger partial charge on any atom is 0.145 e. The number of hydrogen-bond donors (Lipinski definition) is 1. The molecular weight excluding hydrogens is 286 g/mol. The predicted octanol–water partition coefficient (Wildman–Crippen LogP) is 4.70. The summed E-state index contributed by atoms with van der Waals surface area (Å²) in [5, 5.41) is 5.22. The Balaban J connectivity index is 2.09. The van der Waals surface area contributed by atoms with Crippen molar-refractivity contribution < 1.29 is 0 Å². The maximum absolute atomic E-state index is 4.86. The molecule has 20 heavy (non-hydrogen) atoms. The monoisotopic (exact) mass is 307 g/mol. The molecule has 0 aliphatic carbocycles. The summed E-state index contributed by atoms with van der Waals surface area (Å²) in [5.41, 5.74) is 1.33. The number of aromatic nitrogens is 2. The molecule has 2 aromatic heterocycles. The second-order valence-electron chi connectivity index (χ2n) is 5.32. The highest BCUT2D eigenvalue weighted by atomic mass is 32.2. The van der Waals surface area contributed by atoms with E-state index in [1.165, 1.54) is 34.4 Å². The van der Waals surface area contributed by atoms with Gasteiger partial charge in [-0.25, -0.2) is 9.97 Å². The number of aryl methyl sites for hydroxylation is 2. The minimum atomic E-state index is 0.490. The Morgan fingerprint density at radius 3 is 2.85 bits per heavy atom. The second kappa shape index (κ2) is 5.90. The lowest BCUT2D eigenvalue weighted by molar-refractivity contribution is 0.783. The van der Waals surface area contributed by atoms with Crippen molar-refractivity contribution in [2.45, 2.75) is 45.3 Å². The van der Waals surface area contributed by atoms with Crippen LogP contribution in [0.4, 0.5) is 5.82 Å². The summed E-state index contributed by atoms with van der Waals surface area (Å²) in [6, 6.07) is 0. The van der Waals surface area contributed by atoms with Crippen LogP contribution in [0.3, 0.4) is 0 Å². The minimum absolute atomic E-state index is 0.490. The van der Waals surface area contributed by atoms with Crippen molar-refractivity contribution in [2.24, 2.45) is 0 Å². The van der Waals surface area contributed by atoms with Gasteiger partial charge >= 0.3 is 0 Å². The summed E-state index contributed by atoms with van der Waals surface area (Å²) in [7, 11) is 0. The van der Waals surface area contributed by atoms with Gasteiger partial charge in [0.15, 0.2) is 0 Å². The molecule has 3 nitrogen and oxygen atoms in total. The van der Waals surface area contributed by atoms with Crippen LogP contribution in [-0.4, -0.2) is 22.3 Å². The van der Waals surface area contributed by atoms with E-state index >= 15 is 0 Å². The highest BCUT2D eigenvalue weighted by Crippen LogP contribution is 2.41. The Kier molecular flexibility index (Phi) is 4.17. The molecule has 3 heterocycles. The number of fused-ring (bicyclic) bond motifs is 1. The molecule has 5 heteroatoms. The van der Waals surface area contributed by atoms with Gasteiger partial charge < -0.3 is 5.32 Å². The van der Waals surface area contributed by atoms with Crippen molar-refractivity contribution in [1.29, 1.82) is 0 Å². The number of anilines is 1. The Bertz CT molecular complexity index is 615.